The molecule has 2 nitrogen and oxygen atoms in total. The lowest BCUT2D eigenvalue weighted by Crippen LogP contribution is -2.32. The number of hydrogen-bond acceptors (Lipinski definition) is 3. The van der Waals surface area contributed by atoms with E-state index in [-0.39, 0.29) is 0 Å². The predicted octanol–water partition coefficient (Wildman–Crippen LogP) is 2.87. The van der Waals surface area contributed by atoms with E-state index >= 15 is 0 Å². The minimum absolute atomic E-state index is 0.292. The third-order valence-electron chi connectivity index (χ3n) is 2.67. The van der Waals surface area contributed by atoms with Gasteiger partial charge in [-0.1, -0.05) is 13.8 Å². The van der Waals surface area contributed by atoms with Crippen LogP contribution in [-0.4, -0.2) is 20.1 Å². The third-order valence-corrected chi connectivity index (χ3v) is 3.80. The SMILES string of the molecule is Cc1ccsc1N(C)CC(C)(C)CCN. The van der Waals surface area contributed by atoms with Crippen molar-refractivity contribution in [3.05, 3.63) is 17.0 Å². The molecule has 3 heteroatoms. The van der Waals surface area contributed by atoms with E-state index < -0.39 is 0 Å². The van der Waals surface area contributed by atoms with Crippen molar-refractivity contribution in [2.45, 2.75) is 27.2 Å². The number of thiophene rings is 1. The Morgan fingerprint density at radius 1 is 1.47 bits per heavy atom. The Balaban J connectivity index is 2.63. The van der Waals surface area contributed by atoms with Crippen LogP contribution in [0, 0.1) is 12.3 Å². The summed E-state index contributed by atoms with van der Waals surface area (Å²) in [5.74, 6) is 0. The molecule has 0 spiro atoms. The van der Waals surface area contributed by atoms with Crippen molar-refractivity contribution in [1.82, 2.24) is 0 Å². The Morgan fingerprint density at radius 3 is 2.60 bits per heavy atom. The molecule has 0 aliphatic rings. The first-order valence-corrected chi connectivity index (χ1v) is 6.29. The molecule has 0 saturated carbocycles. The van der Waals surface area contributed by atoms with Gasteiger partial charge < -0.3 is 10.6 Å². The lowest BCUT2D eigenvalue weighted by Gasteiger charge is -2.31. The molecule has 1 aromatic heterocycles. The van der Waals surface area contributed by atoms with Gasteiger partial charge in [-0.15, -0.1) is 11.3 Å². The molecular formula is C12H22N2S. The van der Waals surface area contributed by atoms with E-state index in [0.29, 0.717) is 5.41 Å². The highest BCUT2D eigenvalue weighted by Crippen LogP contribution is 2.29. The van der Waals surface area contributed by atoms with Gasteiger partial charge in [0.25, 0.3) is 0 Å². The van der Waals surface area contributed by atoms with E-state index in [4.69, 9.17) is 5.73 Å². The van der Waals surface area contributed by atoms with Crippen molar-refractivity contribution in [1.29, 1.82) is 0 Å². The molecule has 0 saturated heterocycles. The first-order chi connectivity index (χ1) is 6.96. The molecule has 0 aliphatic carbocycles. The molecular weight excluding hydrogens is 204 g/mol. The van der Waals surface area contributed by atoms with E-state index in [1.54, 1.807) is 0 Å². The Labute approximate surface area is 97.1 Å². The van der Waals surface area contributed by atoms with E-state index in [1.807, 2.05) is 11.3 Å². The van der Waals surface area contributed by atoms with Crippen molar-refractivity contribution in [3.63, 3.8) is 0 Å². The maximum atomic E-state index is 5.62. The van der Waals surface area contributed by atoms with Crippen LogP contribution in [0.5, 0.6) is 0 Å². The molecule has 1 heterocycles. The van der Waals surface area contributed by atoms with Crippen LogP contribution in [0.25, 0.3) is 0 Å². The summed E-state index contributed by atoms with van der Waals surface area (Å²) in [6.45, 7) is 8.55. The average molecular weight is 226 g/mol. The Kier molecular flexibility index (Phi) is 4.17. The Hall–Kier alpha value is -0.540. The van der Waals surface area contributed by atoms with Crippen LogP contribution in [0.4, 0.5) is 5.00 Å². The molecule has 0 bridgehead atoms. The van der Waals surface area contributed by atoms with Crippen molar-refractivity contribution in [3.8, 4) is 0 Å². The molecule has 0 radical (unpaired) electrons. The monoisotopic (exact) mass is 226 g/mol. The fraction of sp³-hybridized carbons (Fsp3) is 0.667. The van der Waals surface area contributed by atoms with Gasteiger partial charge in [-0.25, -0.2) is 0 Å². The van der Waals surface area contributed by atoms with Crippen molar-refractivity contribution in [2.24, 2.45) is 11.1 Å². The number of nitrogens with two attached hydrogens (primary N) is 1. The molecule has 15 heavy (non-hydrogen) atoms. The van der Waals surface area contributed by atoms with Gasteiger partial charge in [0.2, 0.25) is 0 Å². The quantitative estimate of drug-likeness (QED) is 0.836. The van der Waals surface area contributed by atoms with Gasteiger partial charge in [0.15, 0.2) is 0 Å². The van der Waals surface area contributed by atoms with Crippen molar-refractivity contribution in [2.75, 3.05) is 25.0 Å². The number of nitrogens with zero attached hydrogens (tertiary/aromatic N) is 1. The van der Waals surface area contributed by atoms with Gasteiger partial charge in [0.05, 0.1) is 5.00 Å². The summed E-state index contributed by atoms with van der Waals surface area (Å²) >= 11 is 1.81. The molecule has 0 atom stereocenters. The van der Waals surface area contributed by atoms with Gasteiger partial charge in [-0.2, -0.15) is 0 Å². The van der Waals surface area contributed by atoms with Gasteiger partial charge in [0.1, 0.15) is 0 Å². The van der Waals surface area contributed by atoms with Crippen molar-refractivity contribution >= 4 is 16.3 Å². The molecule has 86 valence electrons. The van der Waals surface area contributed by atoms with Gasteiger partial charge in [0, 0.05) is 13.6 Å². The zero-order valence-electron chi connectivity index (χ0n) is 10.2. The van der Waals surface area contributed by atoms with E-state index in [9.17, 15) is 0 Å². The topological polar surface area (TPSA) is 29.3 Å². The second-order valence-corrected chi connectivity index (χ2v) is 5.86. The summed E-state index contributed by atoms with van der Waals surface area (Å²) in [5, 5.41) is 3.52. The lowest BCUT2D eigenvalue weighted by atomic mass is 9.89. The molecule has 0 unspecified atom stereocenters. The van der Waals surface area contributed by atoms with Crippen LogP contribution in [0.1, 0.15) is 25.8 Å². The fourth-order valence-corrected chi connectivity index (χ4v) is 2.84. The summed E-state index contributed by atoms with van der Waals surface area (Å²) in [7, 11) is 2.16. The van der Waals surface area contributed by atoms with Gasteiger partial charge >= 0.3 is 0 Å². The molecule has 0 fully saturated rings. The van der Waals surface area contributed by atoms with Crippen molar-refractivity contribution < 1.29 is 0 Å². The largest absolute Gasteiger partial charge is 0.366 e. The lowest BCUT2D eigenvalue weighted by molar-refractivity contribution is 0.348. The first-order valence-electron chi connectivity index (χ1n) is 5.41. The zero-order valence-corrected chi connectivity index (χ0v) is 11.0. The smallest absolute Gasteiger partial charge is 0.0935 e. The molecule has 1 rings (SSSR count). The molecule has 1 aromatic rings. The van der Waals surface area contributed by atoms with Gasteiger partial charge in [-0.3, -0.25) is 0 Å². The number of rotatable bonds is 5. The van der Waals surface area contributed by atoms with E-state index in [2.05, 4.69) is 44.2 Å². The first kappa shape index (κ1) is 12.5. The summed E-state index contributed by atoms with van der Waals surface area (Å²) in [6.07, 6.45) is 1.07. The summed E-state index contributed by atoms with van der Waals surface area (Å²) in [4.78, 5) is 2.34. The summed E-state index contributed by atoms with van der Waals surface area (Å²) in [5.41, 5.74) is 7.28. The second-order valence-electron chi connectivity index (χ2n) is 4.97. The van der Waals surface area contributed by atoms with E-state index in [0.717, 1.165) is 19.5 Å². The van der Waals surface area contributed by atoms with Crippen LogP contribution < -0.4 is 10.6 Å². The second kappa shape index (κ2) is 4.99. The minimum atomic E-state index is 0.292. The Bertz CT molecular complexity index is 304. The maximum absolute atomic E-state index is 5.62. The number of hydrogen-bond donors (Lipinski definition) is 1. The molecule has 0 aromatic carbocycles. The van der Waals surface area contributed by atoms with Gasteiger partial charge in [-0.05, 0) is 42.3 Å². The van der Waals surface area contributed by atoms with Crippen LogP contribution in [0.2, 0.25) is 0 Å². The highest BCUT2D eigenvalue weighted by molar-refractivity contribution is 7.14. The standard InChI is InChI=1S/C12H22N2S/c1-10-5-8-15-11(10)14(4)9-12(2,3)6-7-13/h5,8H,6-7,9,13H2,1-4H3. The zero-order chi connectivity index (χ0) is 11.5. The van der Waals surface area contributed by atoms with Crippen LogP contribution >= 0.6 is 11.3 Å². The maximum Gasteiger partial charge on any atom is 0.0935 e. The molecule has 0 aliphatic heterocycles. The predicted molar refractivity (Wildman–Crippen MR) is 69.8 cm³/mol. The average Bonchev–Trinajstić information content (AvgIpc) is 2.50. The van der Waals surface area contributed by atoms with Crippen LogP contribution in [0.3, 0.4) is 0 Å². The van der Waals surface area contributed by atoms with E-state index in [1.165, 1.54) is 10.6 Å². The summed E-state index contributed by atoms with van der Waals surface area (Å²) in [6, 6.07) is 2.17. The molecule has 0 amide bonds. The highest BCUT2D eigenvalue weighted by atomic mass is 32.1. The van der Waals surface area contributed by atoms with Crippen LogP contribution in [0.15, 0.2) is 11.4 Å². The van der Waals surface area contributed by atoms with Crippen LogP contribution in [-0.2, 0) is 0 Å². The number of anilines is 1. The number of aryl methyl sites for hydroxylation is 1. The normalized spacial score (nSPS) is 11.8. The highest BCUT2D eigenvalue weighted by Gasteiger charge is 2.20. The minimum Gasteiger partial charge on any atom is -0.366 e. The molecule has 2 N–H and O–H groups in total. The fourth-order valence-electron chi connectivity index (χ4n) is 1.94. The summed E-state index contributed by atoms with van der Waals surface area (Å²) < 4.78 is 0. The Morgan fingerprint density at radius 2 is 2.13 bits per heavy atom. The third kappa shape index (κ3) is 3.50.